The Kier molecular flexibility index (Phi) is 2.13. The van der Waals surface area contributed by atoms with Gasteiger partial charge in [0, 0.05) is 21.8 Å². The van der Waals surface area contributed by atoms with E-state index in [1.807, 2.05) is 47.1 Å². The zero-order chi connectivity index (χ0) is 12.8. The zero-order valence-corrected chi connectivity index (χ0v) is 10.7. The minimum atomic E-state index is 0.707. The second-order valence-electron chi connectivity index (χ2n) is 4.37. The Morgan fingerprint density at radius 2 is 1.95 bits per heavy atom. The monoisotopic (exact) mass is 269 g/mol. The lowest BCUT2D eigenvalue weighted by Gasteiger charge is -1.94. The molecule has 0 spiro atoms. The number of fused-ring (bicyclic) bond motifs is 3. The SMILES string of the molecule is Clc1ccc2c(c1)[nH]n1ncc(-c3ccccc3)[n+]21. The van der Waals surface area contributed by atoms with E-state index in [4.69, 9.17) is 11.6 Å². The Balaban J connectivity index is 2.10. The molecule has 2 heterocycles. The van der Waals surface area contributed by atoms with E-state index < -0.39 is 0 Å². The van der Waals surface area contributed by atoms with E-state index in [9.17, 15) is 0 Å². The molecule has 5 heteroatoms. The number of benzene rings is 2. The normalized spacial score (nSPS) is 11.4. The summed E-state index contributed by atoms with van der Waals surface area (Å²) in [5.74, 6) is 0. The van der Waals surface area contributed by atoms with Crippen LogP contribution in [0, 0.1) is 0 Å². The largest absolute Gasteiger partial charge is 0.172 e. The first-order valence-electron chi connectivity index (χ1n) is 5.96. The number of rotatable bonds is 1. The van der Waals surface area contributed by atoms with Crippen LogP contribution < -0.4 is 4.52 Å². The molecule has 0 aliphatic heterocycles. The zero-order valence-electron chi connectivity index (χ0n) is 9.92. The molecule has 19 heavy (non-hydrogen) atoms. The first-order chi connectivity index (χ1) is 9.33. The minimum absolute atomic E-state index is 0.707. The van der Waals surface area contributed by atoms with Crippen LogP contribution in [-0.2, 0) is 0 Å². The van der Waals surface area contributed by atoms with Crippen LogP contribution in [0.1, 0.15) is 0 Å². The van der Waals surface area contributed by atoms with Crippen LogP contribution in [-0.4, -0.2) is 14.9 Å². The van der Waals surface area contributed by atoms with Crippen molar-refractivity contribution in [3.8, 4) is 11.3 Å². The maximum atomic E-state index is 6.01. The lowest BCUT2D eigenvalue weighted by Crippen LogP contribution is -2.28. The Morgan fingerprint density at radius 3 is 2.79 bits per heavy atom. The van der Waals surface area contributed by atoms with Gasteiger partial charge in [0.25, 0.3) is 0 Å². The number of H-pyrrole nitrogens is 1. The highest BCUT2D eigenvalue weighted by Crippen LogP contribution is 2.18. The van der Waals surface area contributed by atoms with Gasteiger partial charge in [-0.25, -0.2) is 0 Å². The van der Waals surface area contributed by atoms with Crippen molar-refractivity contribution >= 4 is 22.6 Å². The van der Waals surface area contributed by atoms with E-state index in [0.717, 1.165) is 22.3 Å². The molecule has 0 amide bonds. The second kappa shape index (κ2) is 3.83. The van der Waals surface area contributed by atoms with Gasteiger partial charge in [-0.2, -0.15) is 5.10 Å². The molecule has 1 N–H and O–H groups in total. The summed E-state index contributed by atoms with van der Waals surface area (Å²) >= 11 is 6.01. The van der Waals surface area contributed by atoms with Crippen LogP contribution in [0.25, 0.3) is 22.3 Å². The Labute approximate surface area is 113 Å². The Bertz CT molecular complexity index is 876. The molecule has 92 valence electrons. The maximum Gasteiger partial charge on any atom is 0.172 e. The van der Waals surface area contributed by atoms with Crippen molar-refractivity contribution in [3.63, 3.8) is 0 Å². The van der Waals surface area contributed by atoms with Gasteiger partial charge in [0.15, 0.2) is 22.9 Å². The maximum absolute atomic E-state index is 6.01. The van der Waals surface area contributed by atoms with E-state index in [2.05, 4.69) is 22.3 Å². The average molecular weight is 270 g/mol. The molecule has 0 radical (unpaired) electrons. The van der Waals surface area contributed by atoms with E-state index >= 15 is 0 Å². The van der Waals surface area contributed by atoms with Crippen molar-refractivity contribution in [2.24, 2.45) is 0 Å². The minimum Gasteiger partial charge on any atom is -0.171 e. The Hall–Kier alpha value is -2.33. The summed E-state index contributed by atoms with van der Waals surface area (Å²) in [7, 11) is 0. The van der Waals surface area contributed by atoms with Gasteiger partial charge >= 0.3 is 0 Å². The van der Waals surface area contributed by atoms with Crippen LogP contribution >= 0.6 is 11.6 Å². The van der Waals surface area contributed by atoms with E-state index in [1.165, 1.54) is 0 Å². The standard InChI is InChI=1S/C14H10ClN4/c15-11-6-7-13-12(8-11)17-19-16-9-14(18(13)19)10-4-2-1-3-5-10/h1-9H,(H,16,17)/q+1. The summed E-state index contributed by atoms with van der Waals surface area (Å²) in [6.07, 6.45) is 1.85. The van der Waals surface area contributed by atoms with Gasteiger partial charge in [-0.15, -0.1) is 4.52 Å². The molecule has 2 aromatic heterocycles. The lowest BCUT2D eigenvalue weighted by atomic mass is 10.2. The molecule has 0 aliphatic carbocycles. The summed E-state index contributed by atoms with van der Waals surface area (Å²) in [5.41, 5.74) is 4.16. The van der Waals surface area contributed by atoms with Gasteiger partial charge in [-0.05, 0) is 12.1 Å². The first kappa shape index (κ1) is 10.6. The molecule has 4 rings (SSSR count). The third-order valence-electron chi connectivity index (χ3n) is 3.18. The van der Waals surface area contributed by atoms with E-state index in [-0.39, 0.29) is 0 Å². The first-order valence-corrected chi connectivity index (χ1v) is 6.33. The van der Waals surface area contributed by atoms with Crippen molar-refractivity contribution in [1.29, 1.82) is 0 Å². The van der Waals surface area contributed by atoms with Crippen molar-refractivity contribution in [2.45, 2.75) is 0 Å². The number of nitrogens with zero attached hydrogens (tertiary/aromatic N) is 3. The van der Waals surface area contributed by atoms with Gasteiger partial charge in [0.2, 0.25) is 0 Å². The fourth-order valence-corrected chi connectivity index (χ4v) is 2.50. The van der Waals surface area contributed by atoms with Gasteiger partial charge in [-0.1, -0.05) is 41.9 Å². The molecule has 0 aliphatic rings. The molecule has 0 fully saturated rings. The van der Waals surface area contributed by atoms with Crippen LogP contribution in [0.3, 0.4) is 0 Å². The average Bonchev–Trinajstić information content (AvgIpc) is 2.97. The van der Waals surface area contributed by atoms with Crippen LogP contribution in [0.15, 0.2) is 54.7 Å². The quantitative estimate of drug-likeness (QED) is 0.530. The summed E-state index contributed by atoms with van der Waals surface area (Å²) < 4.78 is 3.74. The van der Waals surface area contributed by atoms with Crippen molar-refractivity contribution in [1.82, 2.24) is 14.9 Å². The molecule has 2 aromatic carbocycles. The predicted octanol–water partition coefficient (Wildman–Crippen LogP) is 2.72. The third-order valence-corrected chi connectivity index (χ3v) is 3.42. The van der Waals surface area contributed by atoms with E-state index in [0.29, 0.717) is 5.02 Å². The molecule has 0 atom stereocenters. The number of hydrogen-bond acceptors (Lipinski definition) is 1. The number of hydrogen-bond donors (Lipinski definition) is 1. The topological polar surface area (TPSA) is 37.2 Å². The molecule has 0 unspecified atom stereocenters. The highest BCUT2D eigenvalue weighted by molar-refractivity contribution is 6.31. The fourth-order valence-electron chi connectivity index (χ4n) is 2.32. The summed E-state index contributed by atoms with van der Waals surface area (Å²) in [4.78, 5) is 0. The highest BCUT2D eigenvalue weighted by atomic mass is 35.5. The molecule has 0 bridgehead atoms. The third kappa shape index (κ3) is 1.54. The molecule has 0 saturated carbocycles. The van der Waals surface area contributed by atoms with Gasteiger partial charge < -0.3 is 0 Å². The molecular formula is C14H10ClN4+. The summed E-state index contributed by atoms with van der Waals surface area (Å²) in [5, 5.41) is 8.24. The Morgan fingerprint density at radius 1 is 1.11 bits per heavy atom. The van der Waals surface area contributed by atoms with E-state index in [1.54, 1.807) is 4.74 Å². The van der Waals surface area contributed by atoms with Crippen molar-refractivity contribution < 1.29 is 4.52 Å². The van der Waals surface area contributed by atoms with Gasteiger partial charge in [0.05, 0.1) is 4.74 Å². The number of aromatic amines is 1. The van der Waals surface area contributed by atoms with Crippen LogP contribution in [0.4, 0.5) is 0 Å². The fraction of sp³-hybridized carbons (Fsp3) is 0. The van der Waals surface area contributed by atoms with Crippen molar-refractivity contribution in [3.05, 3.63) is 59.8 Å². The molecule has 4 aromatic rings. The highest BCUT2D eigenvalue weighted by Gasteiger charge is 2.17. The second-order valence-corrected chi connectivity index (χ2v) is 4.81. The smallest absolute Gasteiger partial charge is 0.171 e. The molecule has 0 saturated heterocycles. The number of nitrogens with one attached hydrogen (secondary N) is 1. The van der Waals surface area contributed by atoms with Gasteiger partial charge in [0.1, 0.15) is 0 Å². The van der Waals surface area contributed by atoms with Crippen LogP contribution in [0.5, 0.6) is 0 Å². The summed E-state index contributed by atoms with van der Waals surface area (Å²) in [6.45, 7) is 0. The molecular weight excluding hydrogens is 260 g/mol. The number of aromatic nitrogens is 4. The van der Waals surface area contributed by atoms with Crippen LogP contribution in [0.2, 0.25) is 5.02 Å². The lowest BCUT2D eigenvalue weighted by molar-refractivity contribution is -0.587. The van der Waals surface area contributed by atoms with Gasteiger partial charge in [-0.3, -0.25) is 0 Å². The number of halogens is 1. The molecule has 4 nitrogen and oxygen atoms in total. The summed E-state index contributed by atoms with van der Waals surface area (Å²) in [6, 6.07) is 15.9. The predicted molar refractivity (Wildman–Crippen MR) is 73.1 cm³/mol. The van der Waals surface area contributed by atoms with Crippen molar-refractivity contribution in [2.75, 3.05) is 0 Å².